The first-order valence-electron chi connectivity index (χ1n) is 11.2. The van der Waals surface area contributed by atoms with Gasteiger partial charge in [-0.3, -0.25) is 4.90 Å². The van der Waals surface area contributed by atoms with Crippen LogP contribution in [0.15, 0.2) is 36.9 Å². The molecule has 0 fully saturated rings. The molecular weight excluding hydrogens is 314 g/mol. The highest BCUT2D eigenvalue weighted by Crippen LogP contribution is 2.15. The summed E-state index contributed by atoms with van der Waals surface area (Å²) in [6.07, 6.45) is 16.5. The highest BCUT2D eigenvalue weighted by atomic mass is 15.1. The predicted octanol–water partition coefficient (Wildman–Crippen LogP) is 7.72. The van der Waals surface area contributed by atoms with E-state index in [0.29, 0.717) is 0 Å². The second kappa shape index (κ2) is 16.1. The second-order valence-corrected chi connectivity index (χ2v) is 7.78. The van der Waals surface area contributed by atoms with Crippen LogP contribution in [0, 0.1) is 0 Å². The van der Waals surface area contributed by atoms with Crippen molar-refractivity contribution in [1.29, 1.82) is 0 Å². The SMILES string of the molecule is C=C(CN(CCCCCCCC)CCCCCCCC)c1ccccc1. The summed E-state index contributed by atoms with van der Waals surface area (Å²) in [5.74, 6) is 0. The van der Waals surface area contributed by atoms with Gasteiger partial charge in [0.1, 0.15) is 0 Å². The largest absolute Gasteiger partial charge is 0.299 e. The van der Waals surface area contributed by atoms with Crippen LogP contribution in [0.4, 0.5) is 0 Å². The van der Waals surface area contributed by atoms with Crippen LogP contribution in [-0.2, 0) is 0 Å². The summed E-state index contributed by atoms with van der Waals surface area (Å²) in [6, 6.07) is 10.7. The molecule has 0 bridgehead atoms. The first-order valence-corrected chi connectivity index (χ1v) is 11.2. The maximum atomic E-state index is 4.36. The Balaban J connectivity index is 2.35. The van der Waals surface area contributed by atoms with Crippen molar-refractivity contribution in [3.63, 3.8) is 0 Å². The van der Waals surface area contributed by atoms with Gasteiger partial charge in [0, 0.05) is 6.54 Å². The summed E-state index contributed by atoms with van der Waals surface area (Å²) in [4.78, 5) is 2.65. The molecule has 0 N–H and O–H groups in total. The van der Waals surface area contributed by atoms with Gasteiger partial charge in [0.05, 0.1) is 0 Å². The number of rotatable bonds is 17. The van der Waals surface area contributed by atoms with Gasteiger partial charge in [0.25, 0.3) is 0 Å². The molecule has 26 heavy (non-hydrogen) atoms. The third kappa shape index (κ3) is 11.5. The van der Waals surface area contributed by atoms with Crippen LogP contribution in [0.1, 0.15) is 96.5 Å². The average molecular weight is 358 g/mol. The second-order valence-electron chi connectivity index (χ2n) is 7.78. The Morgan fingerprint density at radius 1 is 0.692 bits per heavy atom. The monoisotopic (exact) mass is 357 g/mol. The first kappa shape index (κ1) is 23.0. The Labute approximate surface area is 163 Å². The van der Waals surface area contributed by atoms with Crippen molar-refractivity contribution in [2.24, 2.45) is 0 Å². The molecule has 0 spiro atoms. The van der Waals surface area contributed by atoms with Crippen LogP contribution in [0.25, 0.3) is 5.57 Å². The lowest BCUT2D eigenvalue weighted by Crippen LogP contribution is -2.28. The summed E-state index contributed by atoms with van der Waals surface area (Å²) in [5, 5.41) is 0. The Kier molecular flexibility index (Phi) is 14.2. The quantitative estimate of drug-likeness (QED) is 0.258. The molecule has 0 heterocycles. The summed E-state index contributed by atoms with van der Waals surface area (Å²) >= 11 is 0. The number of benzene rings is 1. The van der Waals surface area contributed by atoms with Crippen molar-refractivity contribution in [3.05, 3.63) is 42.5 Å². The van der Waals surface area contributed by atoms with E-state index in [4.69, 9.17) is 0 Å². The molecule has 1 nitrogen and oxygen atoms in total. The van der Waals surface area contributed by atoms with Gasteiger partial charge in [-0.25, -0.2) is 0 Å². The molecule has 0 aliphatic carbocycles. The lowest BCUT2D eigenvalue weighted by molar-refractivity contribution is 0.290. The van der Waals surface area contributed by atoms with Crippen molar-refractivity contribution >= 4 is 5.57 Å². The fourth-order valence-electron chi connectivity index (χ4n) is 3.54. The highest BCUT2D eigenvalue weighted by Gasteiger charge is 2.08. The number of hydrogen-bond acceptors (Lipinski definition) is 1. The van der Waals surface area contributed by atoms with Crippen LogP contribution in [0.2, 0.25) is 0 Å². The van der Waals surface area contributed by atoms with E-state index in [-0.39, 0.29) is 0 Å². The zero-order valence-electron chi connectivity index (χ0n) is 17.6. The molecule has 0 atom stereocenters. The molecule has 148 valence electrons. The molecule has 0 saturated heterocycles. The van der Waals surface area contributed by atoms with E-state index in [2.05, 4.69) is 55.7 Å². The summed E-state index contributed by atoms with van der Waals surface area (Å²) in [7, 11) is 0. The number of nitrogens with zero attached hydrogens (tertiary/aromatic N) is 1. The summed E-state index contributed by atoms with van der Waals surface area (Å²) in [6.45, 7) is 12.4. The molecule has 1 aromatic carbocycles. The third-order valence-electron chi connectivity index (χ3n) is 5.25. The van der Waals surface area contributed by atoms with E-state index >= 15 is 0 Å². The fraction of sp³-hybridized carbons (Fsp3) is 0.680. The van der Waals surface area contributed by atoms with Gasteiger partial charge in [-0.1, -0.05) is 115 Å². The Morgan fingerprint density at radius 2 is 1.15 bits per heavy atom. The van der Waals surface area contributed by atoms with E-state index in [9.17, 15) is 0 Å². The van der Waals surface area contributed by atoms with Crippen LogP contribution in [0.5, 0.6) is 0 Å². The Morgan fingerprint density at radius 3 is 1.65 bits per heavy atom. The van der Waals surface area contributed by atoms with Gasteiger partial charge in [-0.05, 0) is 37.1 Å². The Bertz CT molecular complexity index is 421. The van der Waals surface area contributed by atoms with Gasteiger partial charge in [0.2, 0.25) is 0 Å². The van der Waals surface area contributed by atoms with Gasteiger partial charge in [-0.15, -0.1) is 0 Å². The zero-order chi connectivity index (χ0) is 18.9. The number of unbranched alkanes of at least 4 members (excludes halogenated alkanes) is 10. The minimum atomic E-state index is 1.02. The average Bonchev–Trinajstić information content (AvgIpc) is 2.67. The van der Waals surface area contributed by atoms with E-state index in [1.54, 1.807) is 0 Å². The molecule has 1 aromatic rings. The van der Waals surface area contributed by atoms with E-state index in [0.717, 1.165) is 6.54 Å². The third-order valence-corrected chi connectivity index (χ3v) is 5.25. The van der Waals surface area contributed by atoms with Crippen molar-refractivity contribution in [1.82, 2.24) is 4.90 Å². The van der Waals surface area contributed by atoms with Crippen molar-refractivity contribution in [3.8, 4) is 0 Å². The molecule has 0 aliphatic heterocycles. The molecule has 0 aliphatic rings. The minimum Gasteiger partial charge on any atom is -0.299 e. The topological polar surface area (TPSA) is 3.24 Å². The molecule has 0 amide bonds. The van der Waals surface area contributed by atoms with Crippen molar-refractivity contribution in [2.75, 3.05) is 19.6 Å². The minimum absolute atomic E-state index is 1.02. The molecule has 0 aromatic heterocycles. The summed E-state index contributed by atoms with van der Waals surface area (Å²) < 4.78 is 0. The highest BCUT2D eigenvalue weighted by molar-refractivity contribution is 5.64. The molecular formula is C25H43N. The lowest BCUT2D eigenvalue weighted by Gasteiger charge is -2.23. The Hall–Kier alpha value is -1.08. The molecule has 0 radical (unpaired) electrons. The fourth-order valence-corrected chi connectivity index (χ4v) is 3.54. The molecule has 1 rings (SSSR count). The van der Waals surface area contributed by atoms with Gasteiger partial charge >= 0.3 is 0 Å². The predicted molar refractivity (Wildman–Crippen MR) is 119 cm³/mol. The van der Waals surface area contributed by atoms with Gasteiger partial charge < -0.3 is 0 Å². The van der Waals surface area contributed by atoms with Gasteiger partial charge in [-0.2, -0.15) is 0 Å². The van der Waals surface area contributed by atoms with Crippen LogP contribution >= 0.6 is 0 Å². The molecule has 0 unspecified atom stereocenters. The van der Waals surface area contributed by atoms with E-state index in [1.807, 2.05) is 0 Å². The lowest BCUT2D eigenvalue weighted by atomic mass is 10.1. The zero-order valence-corrected chi connectivity index (χ0v) is 17.6. The van der Waals surface area contributed by atoms with E-state index < -0.39 is 0 Å². The smallest absolute Gasteiger partial charge is 0.0233 e. The normalized spacial score (nSPS) is 11.2. The first-order chi connectivity index (χ1) is 12.8. The molecule has 0 saturated carbocycles. The number of hydrogen-bond donors (Lipinski definition) is 0. The van der Waals surface area contributed by atoms with Crippen molar-refractivity contribution < 1.29 is 0 Å². The van der Waals surface area contributed by atoms with Crippen LogP contribution in [0.3, 0.4) is 0 Å². The summed E-state index contributed by atoms with van der Waals surface area (Å²) in [5.41, 5.74) is 2.56. The van der Waals surface area contributed by atoms with Crippen LogP contribution in [-0.4, -0.2) is 24.5 Å². The maximum absolute atomic E-state index is 4.36. The van der Waals surface area contributed by atoms with Crippen LogP contribution < -0.4 is 0 Å². The molecule has 1 heteroatoms. The van der Waals surface area contributed by atoms with E-state index in [1.165, 1.54) is 101 Å². The standard InChI is InChI=1S/C25H43N/c1-4-6-8-10-12-17-21-26(22-18-13-11-9-7-5-2)23-24(3)25-19-15-14-16-20-25/h14-16,19-20H,3-13,17-18,21-23H2,1-2H3. The van der Waals surface area contributed by atoms with Gasteiger partial charge in [0.15, 0.2) is 0 Å². The maximum Gasteiger partial charge on any atom is 0.0233 e. The van der Waals surface area contributed by atoms with Crippen molar-refractivity contribution in [2.45, 2.75) is 90.9 Å².